The molecule has 1 amide bonds. The van der Waals surface area contributed by atoms with Crippen molar-refractivity contribution in [1.82, 2.24) is 14.9 Å². The molecule has 2 heterocycles. The van der Waals surface area contributed by atoms with Crippen LogP contribution >= 0.6 is 0 Å². The predicted octanol–water partition coefficient (Wildman–Crippen LogP) is 3.59. The number of ether oxygens (including phenoxy) is 1. The van der Waals surface area contributed by atoms with Crippen LogP contribution in [-0.2, 0) is 11.3 Å². The van der Waals surface area contributed by atoms with Crippen molar-refractivity contribution in [3.8, 4) is 0 Å². The van der Waals surface area contributed by atoms with E-state index in [1.807, 2.05) is 44.7 Å². The largest absolute Gasteiger partial charge is 0.444 e. The zero-order valence-corrected chi connectivity index (χ0v) is 17.4. The number of hydrogen-bond donors (Lipinski definition) is 1. The fraction of sp³-hybridized carbons (Fsp3) is 0.476. The Morgan fingerprint density at radius 1 is 1.17 bits per heavy atom. The minimum Gasteiger partial charge on any atom is -0.444 e. The molecule has 1 aliphatic heterocycles. The molecule has 0 unspecified atom stereocenters. The zero-order valence-electron chi connectivity index (χ0n) is 17.4. The van der Waals surface area contributed by atoms with Crippen LogP contribution in [0.3, 0.4) is 0 Å². The first kappa shape index (κ1) is 20.8. The average molecular weight is 401 g/mol. The molecule has 0 radical (unpaired) electrons. The molecule has 0 bridgehead atoms. The number of amides is 1. The van der Waals surface area contributed by atoms with Gasteiger partial charge in [0.2, 0.25) is 0 Å². The van der Waals surface area contributed by atoms with Gasteiger partial charge in [0, 0.05) is 44.5 Å². The number of carbonyl (C=O) groups is 1. The highest BCUT2D eigenvalue weighted by atomic mass is 19.1. The van der Waals surface area contributed by atoms with E-state index in [0.29, 0.717) is 44.2 Å². The standard InChI is InChI=1S/C21H28FN5O2/c1-15-11-19(25-14-24-15)23-13-16-5-6-18(17(22)12-16)26-7-9-27(10-8-26)20(28)29-21(2,3)4/h5-6,11-12,14H,7-10,13H2,1-4H3,(H,23,24,25). The number of nitrogens with one attached hydrogen (secondary N) is 1. The first-order valence-corrected chi connectivity index (χ1v) is 9.75. The van der Waals surface area contributed by atoms with Gasteiger partial charge in [-0.05, 0) is 45.4 Å². The van der Waals surface area contributed by atoms with Gasteiger partial charge in [-0.3, -0.25) is 0 Å². The summed E-state index contributed by atoms with van der Waals surface area (Å²) in [6, 6.07) is 7.08. The van der Waals surface area contributed by atoms with Crippen molar-refractivity contribution >= 4 is 17.6 Å². The molecule has 0 spiro atoms. The molecule has 29 heavy (non-hydrogen) atoms. The van der Waals surface area contributed by atoms with Crippen LogP contribution in [0.15, 0.2) is 30.6 Å². The van der Waals surface area contributed by atoms with Crippen LogP contribution in [0.5, 0.6) is 0 Å². The summed E-state index contributed by atoms with van der Waals surface area (Å²) in [5.41, 5.74) is 1.73. The second-order valence-corrected chi connectivity index (χ2v) is 8.14. The number of aromatic nitrogens is 2. The number of hydrogen-bond acceptors (Lipinski definition) is 6. The lowest BCUT2D eigenvalue weighted by Crippen LogP contribution is -2.50. The molecule has 1 aliphatic rings. The maximum absolute atomic E-state index is 14.7. The van der Waals surface area contributed by atoms with E-state index in [2.05, 4.69) is 15.3 Å². The normalized spacial score (nSPS) is 14.7. The Balaban J connectivity index is 1.56. The van der Waals surface area contributed by atoms with Crippen molar-refractivity contribution in [3.63, 3.8) is 0 Å². The molecule has 1 saturated heterocycles. The number of nitrogens with zero attached hydrogens (tertiary/aromatic N) is 4. The van der Waals surface area contributed by atoms with Crippen LogP contribution < -0.4 is 10.2 Å². The summed E-state index contributed by atoms with van der Waals surface area (Å²) in [5.74, 6) is 0.439. The number of benzene rings is 1. The molecule has 156 valence electrons. The lowest BCUT2D eigenvalue weighted by atomic mass is 10.1. The van der Waals surface area contributed by atoms with E-state index < -0.39 is 5.60 Å². The van der Waals surface area contributed by atoms with Crippen molar-refractivity contribution in [3.05, 3.63) is 47.7 Å². The first-order valence-electron chi connectivity index (χ1n) is 9.75. The molecule has 0 atom stereocenters. The molecule has 1 N–H and O–H groups in total. The van der Waals surface area contributed by atoms with E-state index >= 15 is 0 Å². The van der Waals surface area contributed by atoms with Gasteiger partial charge in [-0.25, -0.2) is 19.2 Å². The van der Waals surface area contributed by atoms with Crippen LogP contribution in [0.25, 0.3) is 0 Å². The number of carbonyl (C=O) groups excluding carboxylic acids is 1. The second-order valence-electron chi connectivity index (χ2n) is 8.14. The minimum atomic E-state index is -0.519. The van der Waals surface area contributed by atoms with Gasteiger partial charge < -0.3 is 19.9 Å². The molecular weight excluding hydrogens is 373 g/mol. The average Bonchev–Trinajstić information content (AvgIpc) is 2.65. The molecule has 1 aromatic carbocycles. The predicted molar refractivity (Wildman–Crippen MR) is 111 cm³/mol. The highest BCUT2D eigenvalue weighted by Crippen LogP contribution is 2.23. The third kappa shape index (κ3) is 5.79. The van der Waals surface area contributed by atoms with Crippen molar-refractivity contribution < 1.29 is 13.9 Å². The zero-order chi connectivity index (χ0) is 21.0. The van der Waals surface area contributed by atoms with Gasteiger partial charge in [-0.1, -0.05) is 6.07 Å². The highest BCUT2D eigenvalue weighted by Gasteiger charge is 2.26. The SMILES string of the molecule is Cc1cc(NCc2ccc(N3CCN(C(=O)OC(C)(C)C)CC3)c(F)c2)ncn1. The van der Waals surface area contributed by atoms with Crippen LogP contribution in [0, 0.1) is 12.7 Å². The molecule has 1 aromatic heterocycles. The minimum absolute atomic E-state index is 0.270. The van der Waals surface area contributed by atoms with E-state index in [9.17, 15) is 9.18 Å². The third-order valence-corrected chi connectivity index (χ3v) is 4.56. The Morgan fingerprint density at radius 3 is 2.52 bits per heavy atom. The summed E-state index contributed by atoms with van der Waals surface area (Å²) in [7, 11) is 0. The van der Waals surface area contributed by atoms with Gasteiger partial charge in [-0.2, -0.15) is 0 Å². The Hall–Kier alpha value is -2.90. The quantitative estimate of drug-likeness (QED) is 0.844. The fourth-order valence-electron chi connectivity index (χ4n) is 3.12. The molecule has 2 aromatic rings. The molecule has 0 aliphatic carbocycles. The fourth-order valence-corrected chi connectivity index (χ4v) is 3.12. The summed E-state index contributed by atoms with van der Waals surface area (Å²) in [4.78, 5) is 24.0. The summed E-state index contributed by atoms with van der Waals surface area (Å²) >= 11 is 0. The first-order chi connectivity index (χ1) is 13.7. The van der Waals surface area contributed by atoms with Crippen LogP contribution in [0.4, 0.5) is 20.7 Å². The molecule has 8 heteroatoms. The number of piperazine rings is 1. The highest BCUT2D eigenvalue weighted by molar-refractivity contribution is 5.68. The van der Waals surface area contributed by atoms with Crippen molar-refractivity contribution in [2.24, 2.45) is 0 Å². The van der Waals surface area contributed by atoms with Gasteiger partial charge in [0.1, 0.15) is 23.6 Å². The summed E-state index contributed by atoms with van der Waals surface area (Å²) in [6.07, 6.45) is 1.18. The number of halogens is 1. The topological polar surface area (TPSA) is 70.6 Å². The van der Waals surface area contributed by atoms with E-state index in [-0.39, 0.29) is 11.9 Å². The van der Waals surface area contributed by atoms with Crippen LogP contribution in [0.2, 0.25) is 0 Å². The summed E-state index contributed by atoms with van der Waals surface area (Å²) in [5, 5.41) is 3.18. The lowest BCUT2D eigenvalue weighted by molar-refractivity contribution is 0.0240. The molecule has 1 fully saturated rings. The monoisotopic (exact) mass is 401 g/mol. The van der Waals surface area contributed by atoms with E-state index in [4.69, 9.17) is 4.74 Å². The van der Waals surface area contributed by atoms with Gasteiger partial charge in [0.15, 0.2) is 0 Å². The lowest BCUT2D eigenvalue weighted by Gasteiger charge is -2.36. The Morgan fingerprint density at radius 2 is 1.90 bits per heavy atom. The second kappa shape index (κ2) is 8.63. The third-order valence-electron chi connectivity index (χ3n) is 4.56. The van der Waals surface area contributed by atoms with Gasteiger partial charge in [-0.15, -0.1) is 0 Å². The Labute approximate surface area is 170 Å². The Bertz CT molecular complexity index is 860. The number of anilines is 2. The summed E-state index contributed by atoms with van der Waals surface area (Å²) in [6.45, 7) is 10.0. The van der Waals surface area contributed by atoms with Crippen LogP contribution in [0.1, 0.15) is 32.0 Å². The van der Waals surface area contributed by atoms with E-state index in [1.54, 1.807) is 11.0 Å². The smallest absolute Gasteiger partial charge is 0.410 e. The van der Waals surface area contributed by atoms with E-state index in [0.717, 1.165) is 11.3 Å². The van der Waals surface area contributed by atoms with Gasteiger partial charge in [0.05, 0.1) is 5.69 Å². The number of rotatable bonds is 4. The molecule has 7 nitrogen and oxygen atoms in total. The molecule has 0 saturated carbocycles. The van der Waals surface area contributed by atoms with Gasteiger partial charge in [0.25, 0.3) is 0 Å². The summed E-state index contributed by atoms with van der Waals surface area (Å²) < 4.78 is 20.1. The van der Waals surface area contributed by atoms with Crippen molar-refractivity contribution in [2.45, 2.75) is 39.8 Å². The van der Waals surface area contributed by atoms with E-state index in [1.165, 1.54) is 12.4 Å². The maximum atomic E-state index is 14.7. The molecular formula is C21H28FN5O2. The maximum Gasteiger partial charge on any atom is 0.410 e. The van der Waals surface area contributed by atoms with Gasteiger partial charge >= 0.3 is 6.09 Å². The number of aryl methyl sites for hydroxylation is 1. The van der Waals surface area contributed by atoms with Crippen molar-refractivity contribution in [2.75, 3.05) is 36.4 Å². The van der Waals surface area contributed by atoms with Crippen LogP contribution in [-0.4, -0.2) is 52.7 Å². The van der Waals surface area contributed by atoms with Crippen molar-refractivity contribution in [1.29, 1.82) is 0 Å². The molecule has 3 rings (SSSR count). The Kier molecular flexibility index (Phi) is 6.20.